The highest BCUT2D eigenvalue weighted by molar-refractivity contribution is 5.78. The van der Waals surface area contributed by atoms with Crippen molar-refractivity contribution in [3.8, 4) is 0 Å². The number of cyclic esters (lactones) is 1. The highest BCUT2D eigenvalue weighted by Gasteiger charge is 2.39. The number of esters is 1. The van der Waals surface area contributed by atoms with Crippen LogP contribution in [0.3, 0.4) is 0 Å². The fourth-order valence-electron chi connectivity index (χ4n) is 3.61. The molecule has 23 heavy (non-hydrogen) atoms. The Morgan fingerprint density at radius 1 is 1.26 bits per heavy atom. The summed E-state index contributed by atoms with van der Waals surface area (Å²) in [6.07, 6.45) is 0.348. The summed E-state index contributed by atoms with van der Waals surface area (Å²) in [6.45, 7) is 7.29. The van der Waals surface area contributed by atoms with Gasteiger partial charge in [-0.15, -0.1) is 0 Å². The van der Waals surface area contributed by atoms with Crippen molar-refractivity contribution in [3.05, 3.63) is 35.9 Å². The van der Waals surface area contributed by atoms with E-state index in [9.17, 15) is 9.90 Å². The monoisotopic (exact) mass is 318 g/mol. The lowest BCUT2D eigenvalue weighted by Crippen LogP contribution is -2.56. The van der Waals surface area contributed by atoms with E-state index in [1.54, 1.807) is 0 Å². The van der Waals surface area contributed by atoms with Crippen molar-refractivity contribution in [1.82, 2.24) is 9.80 Å². The molecule has 5 heteroatoms. The standard InChI is InChI=1S/C18H26N2O3/c1-13-11-20(16-10-14(2)23-18(16)22)9-8-19(13)12-17(21)15-6-4-3-5-7-15/h3-7,13-14,16-17,21H,8-12H2,1-2H3/t13-,14-,16+,17+/m1/s1. The number of hydrogen-bond donors (Lipinski definition) is 1. The van der Waals surface area contributed by atoms with Gasteiger partial charge in [0.15, 0.2) is 0 Å². The van der Waals surface area contributed by atoms with Gasteiger partial charge in [-0.3, -0.25) is 14.6 Å². The molecule has 0 amide bonds. The van der Waals surface area contributed by atoms with Crippen molar-refractivity contribution in [2.75, 3.05) is 26.2 Å². The Hall–Kier alpha value is -1.43. The summed E-state index contributed by atoms with van der Waals surface area (Å²) in [5.74, 6) is -0.0810. The molecule has 5 nitrogen and oxygen atoms in total. The molecule has 2 aliphatic heterocycles. The van der Waals surface area contributed by atoms with Crippen LogP contribution in [-0.4, -0.2) is 65.2 Å². The van der Waals surface area contributed by atoms with Gasteiger partial charge in [0.2, 0.25) is 0 Å². The van der Waals surface area contributed by atoms with Gasteiger partial charge in [-0.2, -0.15) is 0 Å². The van der Waals surface area contributed by atoms with Crippen LogP contribution in [0.25, 0.3) is 0 Å². The Morgan fingerprint density at radius 3 is 2.61 bits per heavy atom. The average molecular weight is 318 g/mol. The van der Waals surface area contributed by atoms with Crippen molar-refractivity contribution in [3.63, 3.8) is 0 Å². The summed E-state index contributed by atoms with van der Waals surface area (Å²) in [6, 6.07) is 10.0. The first kappa shape index (κ1) is 16.4. The fourth-order valence-corrected chi connectivity index (χ4v) is 3.61. The maximum Gasteiger partial charge on any atom is 0.323 e. The first-order valence-electron chi connectivity index (χ1n) is 8.46. The van der Waals surface area contributed by atoms with Crippen LogP contribution in [0.5, 0.6) is 0 Å². The molecule has 0 saturated carbocycles. The number of hydrogen-bond acceptors (Lipinski definition) is 5. The van der Waals surface area contributed by atoms with Crippen molar-refractivity contribution in [1.29, 1.82) is 0 Å². The van der Waals surface area contributed by atoms with Crippen LogP contribution in [0.1, 0.15) is 31.9 Å². The molecular weight excluding hydrogens is 292 g/mol. The second-order valence-electron chi connectivity index (χ2n) is 6.76. The first-order valence-corrected chi connectivity index (χ1v) is 8.46. The van der Waals surface area contributed by atoms with E-state index in [4.69, 9.17) is 4.74 Å². The van der Waals surface area contributed by atoms with Crippen LogP contribution < -0.4 is 0 Å². The molecule has 0 unspecified atom stereocenters. The molecule has 1 N–H and O–H groups in total. The van der Waals surface area contributed by atoms with Gasteiger partial charge in [-0.25, -0.2) is 0 Å². The number of nitrogens with zero attached hydrogens (tertiary/aromatic N) is 2. The number of carbonyl (C=O) groups is 1. The van der Waals surface area contributed by atoms with Gasteiger partial charge in [-0.05, 0) is 19.4 Å². The molecule has 2 fully saturated rings. The first-order chi connectivity index (χ1) is 11.0. The Kier molecular flexibility index (Phi) is 4.99. The Labute approximate surface area is 137 Å². The molecule has 1 aromatic rings. The molecular formula is C18H26N2O3. The quantitative estimate of drug-likeness (QED) is 0.851. The van der Waals surface area contributed by atoms with E-state index in [1.165, 1.54) is 0 Å². The number of rotatable bonds is 4. The van der Waals surface area contributed by atoms with Crippen LogP contribution >= 0.6 is 0 Å². The highest BCUT2D eigenvalue weighted by Crippen LogP contribution is 2.24. The van der Waals surface area contributed by atoms with Gasteiger partial charge in [-0.1, -0.05) is 30.3 Å². The largest absolute Gasteiger partial charge is 0.461 e. The summed E-state index contributed by atoms with van der Waals surface area (Å²) < 4.78 is 5.28. The third kappa shape index (κ3) is 3.74. The van der Waals surface area contributed by atoms with E-state index in [0.29, 0.717) is 12.6 Å². The van der Waals surface area contributed by atoms with Crippen molar-refractivity contribution < 1.29 is 14.6 Å². The molecule has 0 radical (unpaired) electrons. The van der Waals surface area contributed by atoms with Crippen LogP contribution in [0.2, 0.25) is 0 Å². The minimum absolute atomic E-state index is 0.0285. The Bertz CT molecular complexity index is 536. The number of benzene rings is 1. The fraction of sp³-hybridized carbons (Fsp3) is 0.611. The number of aliphatic hydroxyl groups excluding tert-OH is 1. The maximum absolute atomic E-state index is 11.9. The van der Waals surface area contributed by atoms with E-state index >= 15 is 0 Å². The zero-order valence-corrected chi connectivity index (χ0v) is 13.9. The van der Waals surface area contributed by atoms with E-state index in [1.807, 2.05) is 37.3 Å². The second kappa shape index (κ2) is 6.99. The summed E-state index contributed by atoms with van der Waals surface area (Å²) in [4.78, 5) is 16.5. The lowest BCUT2D eigenvalue weighted by Gasteiger charge is -2.42. The number of β-amino-alcohol motifs (C(OH)–C–C–N with tert-alkyl or cyclic N) is 1. The molecule has 2 aliphatic rings. The zero-order chi connectivity index (χ0) is 16.4. The number of aliphatic hydroxyl groups is 1. The van der Waals surface area contributed by atoms with Crippen LogP contribution in [0, 0.1) is 0 Å². The van der Waals surface area contributed by atoms with Crippen molar-refractivity contribution in [2.45, 2.75) is 44.6 Å². The molecule has 1 aromatic carbocycles. The van der Waals surface area contributed by atoms with Crippen LogP contribution in [0.15, 0.2) is 30.3 Å². The highest BCUT2D eigenvalue weighted by atomic mass is 16.6. The van der Waals surface area contributed by atoms with Gasteiger partial charge in [0.25, 0.3) is 0 Å². The maximum atomic E-state index is 11.9. The van der Waals surface area contributed by atoms with Gasteiger partial charge < -0.3 is 9.84 Å². The van der Waals surface area contributed by atoms with E-state index in [2.05, 4.69) is 16.7 Å². The molecule has 2 heterocycles. The Morgan fingerprint density at radius 2 is 2.00 bits per heavy atom. The molecule has 0 spiro atoms. The molecule has 0 aliphatic carbocycles. The van der Waals surface area contributed by atoms with Gasteiger partial charge >= 0.3 is 5.97 Å². The van der Waals surface area contributed by atoms with Crippen molar-refractivity contribution >= 4 is 5.97 Å². The molecule has 3 rings (SSSR count). The molecule has 126 valence electrons. The summed E-state index contributed by atoms with van der Waals surface area (Å²) in [5.41, 5.74) is 0.954. The molecule has 0 bridgehead atoms. The normalized spacial score (nSPS) is 31.1. The molecule has 2 saturated heterocycles. The van der Waals surface area contributed by atoms with Gasteiger partial charge in [0.05, 0.1) is 6.10 Å². The van der Waals surface area contributed by atoms with E-state index in [-0.39, 0.29) is 18.1 Å². The third-order valence-electron chi connectivity index (χ3n) is 4.97. The summed E-state index contributed by atoms with van der Waals surface area (Å²) >= 11 is 0. The second-order valence-corrected chi connectivity index (χ2v) is 6.76. The van der Waals surface area contributed by atoms with Gasteiger partial charge in [0, 0.05) is 38.6 Å². The summed E-state index contributed by atoms with van der Waals surface area (Å²) in [5, 5.41) is 10.4. The predicted molar refractivity (Wildman–Crippen MR) is 88.0 cm³/mol. The predicted octanol–water partition coefficient (Wildman–Crippen LogP) is 1.43. The third-order valence-corrected chi connectivity index (χ3v) is 4.97. The lowest BCUT2D eigenvalue weighted by molar-refractivity contribution is -0.145. The van der Waals surface area contributed by atoms with Crippen LogP contribution in [0.4, 0.5) is 0 Å². The number of ether oxygens (including phenoxy) is 1. The lowest BCUT2D eigenvalue weighted by atomic mass is 10.1. The van der Waals surface area contributed by atoms with Crippen LogP contribution in [-0.2, 0) is 9.53 Å². The van der Waals surface area contributed by atoms with Gasteiger partial charge in [0.1, 0.15) is 12.1 Å². The van der Waals surface area contributed by atoms with E-state index in [0.717, 1.165) is 31.6 Å². The minimum atomic E-state index is -0.471. The average Bonchev–Trinajstić information content (AvgIpc) is 2.88. The number of carbonyl (C=O) groups excluding carboxylic acids is 1. The Balaban J connectivity index is 1.56. The topological polar surface area (TPSA) is 53.0 Å². The van der Waals surface area contributed by atoms with E-state index < -0.39 is 6.10 Å². The zero-order valence-electron chi connectivity index (χ0n) is 13.9. The molecule has 0 aromatic heterocycles. The van der Waals surface area contributed by atoms with Crippen molar-refractivity contribution in [2.24, 2.45) is 0 Å². The summed E-state index contributed by atoms with van der Waals surface area (Å²) in [7, 11) is 0. The SMILES string of the molecule is C[C@@H]1C[C@H](N2CCN(C[C@H](O)c3ccccc3)[C@H](C)C2)C(=O)O1. The molecule has 4 atom stereocenters. The minimum Gasteiger partial charge on any atom is -0.461 e. The number of piperazine rings is 1. The smallest absolute Gasteiger partial charge is 0.323 e.